The zero-order valence-electron chi connectivity index (χ0n) is 11.2. The van der Waals surface area contributed by atoms with Gasteiger partial charge in [-0.3, -0.25) is 0 Å². The van der Waals surface area contributed by atoms with E-state index in [4.69, 9.17) is 29.6 Å². The van der Waals surface area contributed by atoms with Crippen molar-refractivity contribution in [2.75, 3.05) is 11.9 Å². The molecule has 0 aliphatic carbocycles. The Morgan fingerprint density at radius 2 is 1.90 bits per heavy atom. The van der Waals surface area contributed by atoms with Gasteiger partial charge in [0.1, 0.15) is 4.99 Å². The fraction of sp³-hybridized carbons (Fsp3) is 0.133. The van der Waals surface area contributed by atoms with Crippen LogP contribution in [0, 0.1) is 5.82 Å². The third-order valence-corrected chi connectivity index (χ3v) is 4.32. The summed E-state index contributed by atoms with van der Waals surface area (Å²) >= 11 is 14.0. The van der Waals surface area contributed by atoms with E-state index >= 15 is 0 Å². The molecule has 0 radical (unpaired) electrons. The number of hydrogen-bond acceptors (Lipinski definition) is 2. The van der Waals surface area contributed by atoms with Gasteiger partial charge in [-0.25, -0.2) is 4.39 Å². The zero-order chi connectivity index (χ0) is 15.6. The highest BCUT2D eigenvalue weighted by molar-refractivity contribution is 9.10. The summed E-state index contributed by atoms with van der Waals surface area (Å²) in [6, 6.07) is 10.8. The van der Waals surface area contributed by atoms with Gasteiger partial charge in [-0.05, 0) is 45.8 Å². The van der Waals surface area contributed by atoms with Crippen molar-refractivity contribution in [1.82, 2.24) is 0 Å². The van der Waals surface area contributed by atoms with Gasteiger partial charge in [0.15, 0.2) is 5.82 Å². The van der Waals surface area contributed by atoms with Crippen molar-refractivity contribution in [3.63, 3.8) is 0 Å². The van der Waals surface area contributed by atoms with Crippen LogP contribution in [-0.4, -0.2) is 12.0 Å². The fourth-order valence-corrected chi connectivity index (χ4v) is 2.95. The summed E-state index contributed by atoms with van der Waals surface area (Å²) < 4.78 is 14.7. The molecule has 0 unspecified atom stereocenters. The molecule has 2 nitrogen and oxygen atoms in total. The van der Waals surface area contributed by atoms with Crippen LogP contribution < -0.4 is 10.6 Å². The summed E-state index contributed by atoms with van der Waals surface area (Å²) in [6.07, 6.45) is 0. The average molecular weight is 388 g/mol. The standard InChI is InChI=1S/C15H13BrClFN2S/c1-20(8-9-2-4-10(17)5-3-9)12-7-6-11(15(19)21)13(16)14(12)18/h2-7H,8H2,1H3,(H2,19,21). The Balaban J connectivity index is 2.27. The van der Waals surface area contributed by atoms with Crippen LogP contribution in [0.3, 0.4) is 0 Å². The van der Waals surface area contributed by atoms with Crippen LogP contribution in [0.5, 0.6) is 0 Å². The summed E-state index contributed by atoms with van der Waals surface area (Å²) in [5.41, 5.74) is 7.55. The first-order valence-corrected chi connectivity index (χ1v) is 7.71. The maximum atomic E-state index is 14.4. The van der Waals surface area contributed by atoms with Gasteiger partial charge in [-0.15, -0.1) is 0 Å². The second kappa shape index (κ2) is 6.73. The van der Waals surface area contributed by atoms with E-state index in [2.05, 4.69) is 15.9 Å². The molecule has 110 valence electrons. The first kappa shape index (κ1) is 16.2. The maximum Gasteiger partial charge on any atom is 0.161 e. The predicted octanol–water partition coefficient (Wildman–Crippen LogP) is 4.51. The van der Waals surface area contributed by atoms with Crippen LogP contribution in [0.15, 0.2) is 40.9 Å². The van der Waals surface area contributed by atoms with Crippen LogP contribution in [0.25, 0.3) is 0 Å². The molecular formula is C15H13BrClFN2S. The van der Waals surface area contributed by atoms with Crippen LogP contribution in [0.2, 0.25) is 5.02 Å². The summed E-state index contributed by atoms with van der Waals surface area (Å²) in [6.45, 7) is 0.562. The molecule has 0 fully saturated rings. The van der Waals surface area contributed by atoms with Crippen molar-refractivity contribution >= 4 is 50.4 Å². The van der Waals surface area contributed by atoms with Crippen molar-refractivity contribution in [2.45, 2.75) is 6.54 Å². The zero-order valence-corrected chi connectivity index (χ0v) is 14.4. The molecule has 0 atom stereocenters. The third-order valence-electron chi connectivity index (χ3n) is 3.07. The molecule has 21 heavy (non-hydrogen) atoms. The maximum absolute atomic E-state index is 14.4. The van der Waals surface area contributed by atoms with E-state index in [0.29, 0.717) is 22.8 Å². The van der Waals surface area contributed by atoms with Gasteiger partial charge < -0.3 is 10.6 Å². The first-order valence-electron chi connectivity index (χ1n) is 6.13. The highest BCUT2D eigenvalue weighted by Crippen LogP contribution is 2.29. The van der Waals surface area contributed by atoms with Gasteiger partial charge in [0.2, 0.25) is 0 Å². The first-order chi connectivity index (χ1) is 9.90. The molecule has 6 heteroatoms. The number of anilines is 1. The van der Waals surface area contributed by atoms with E-state index in [0.717, 1.165) is 5.56 Å². The number of thiocarbonyl (C=S) groups is 1. The van der Waals surface area contributed by atoms with Crippen molar-refractivity contribution in [3.05, 3.63) is 62.8 Å². The lowest BCUT2D eigenvalue weighted by Crippen LogP contribution is -2.19. The van der Waals surface area contributed by atoms with Crippen LogP contribution in [0.4, 0.5) is 10.1 Å². The Morgan fingerprint density at radius 3 is 2.48 bits per heavy atom. The van der Waals surface area contributed by atoms with Crippen molar-refractivity contribution in [1.29, 1.82) is 0 Å². The normalized spacial score (nSPS) is 10.5. The molecule has 2 N–H and O–H groups in total. The number of halogens is 3. The average Bonchev–Trinajstić information content (AvgIpc) is 2.43. The van der Waals surface area contributed by atoms with Crippen molar-refractivity contribution in [3.8, 4) is 0 Å². The van der Waals surface area contributed by atoms with Gasteiger partial charge in [0.05, 0.1) is 10.2 Å². The van der Waals surface area contributed by atoms with Crippen molar-refractivity contribution in [2.24, 2.45) is 5.73 Å². The molecule has 0 saturated heterocycles. The van der Waals surface area contributed by atoms with Gasteiger partial charge in [0.25, 0.3) is 0 Å². The number of hydrogen-bond donors (Lipinski definition) is 1. The molecule has 2 aromatic rings. The Kier molecular flexibility index (Phi) is 5.19. The minimum absolute atomic E-state index is 0.160. The second-order valence-electron chi connectivity index (χ2n) is 4.61. The molecule has 0 amide bonds. The number of rotatable bonds is 4. The lowest BCUT2D eigenvalue weighted by Gasteiger charge is -2.21. The predicted molar refractivity (Wildman–Crippen MR) is 93.5 cm³/mol. The molecular weight excluding hydrogens is 375 g/mol. The SMILES string of the molecule is CN(Cc1ccc(Cl)cc1)c1ccc(C(N)=S)c(Br)c1F. The lowest BCUT2D eigenvalue weighted by atomic mass is 10.1. The summed E-state index contributed by atoms with van der Waals surface area (Å²) in [5.74, 6) is -0.378. The van der Waals surface area contributed by atoms with Crippen molar-refractivity contribution < 1.29 is 4.39 Å². The molecule has 0 aliphatic heterocycles. The minimum atomic E-state index is -0.378. The molecule has 0 heterocycles. The highest BCUT2D eigenvalue weighted by atomic mass is 79.9. The second-order valence-corrected chi connectivity index (χ2v) is 6.28. The molecule has 0 aromatic heterocycles. The molecule has 2 aromatic carbocycles. The largest absolute Gasteiger partial charge is 0.389 e. The number of nitrogens with two attached hydrogens (primary N) is 1. The topological polar surface area (TPSA) is 29.3 Å². The molecule has 0 aliphatic rings. The van der Waals surface area contributed by atoms with Gasteiger partial charge >= 0.3 is 0 Å². The quantitative estimate of drug-likeness (QED) is 0.783. The highest BCUT2D eigenvalue weighted by Gasteiger charge is 2.15. The van der Waals surface area contributed by atoms with E-state index in [1.165, 1.54) is 0 Å². The van der Waals surface area contributed by atoms with E-state index in [1.807, 2.05) is 36.2 Å². The summed E-state index contributed by atoms with van der Waals surface area (Å²) in [7, 11) is 1.82. The molecule has 0 bridgehead atoms. The Labute approximate surface area is 141 Å². The van der Waals surface area contributed by atoms with Gasteiger partial charge in [-0.2, -0.15) is 0 Å². The van der Waals surface area contributed by atoms with E-state index in [1.54, 1.807) is 12.1 Å². The monoisotopic (exact) mass is 386 g/mol. The van der Waals surface area contributed by atoms with E-state index in [9.17, 15) is 4.39 Å². The molecule has 2 rings (SSSR count). The number of benzene rings is 2. The van der Waals surface area contributed by atoms with E-state index in [-0.39, 0.29) is 15.3 Å². The summed E-state index contributed by atoms with van der Waals surface area (Å²) in [5, 5.41) is 0.677. The molecule has 0 saturated carbocycles. The Hall–Kier alpha value is -1.17. The fourth-order valence-electron chi connectivity index (χ4n) is 1.97. The molecule has 0 spiro atoms. The summed E-state index contributed by atoms with van der Waals surface area (Å²) in [4.78, 5) is 1.97. The minimum Gasteiger partial charge on any atom is -0.389 e. The van der Waals surface area contributed by atoms with E-state index < -0.39 is 0 Å². The van der Waals surface area contributed by atoms with Gasteiger partial charge in [0, 0.05) is 24.2 Å². The van der Waals surface area contributed by atoms with Gasteiger partial charge in [-0.1, -0.05) is 36.0 Å². The Bertz CT molecular complexity index is 676. The number of nitrogens with zero attached hydrogens (tertiary/aromatic N) is 1. The lowest BCUT2D eigenvalue weighted by molar-refractivity contribution is 0.615. The third kappa shape index (κ3) is 3.73. The Morgan fingerprint density at radius 1 is 1.29 bits per heavy atom. The van der Waals surface area contributed by atoms with Crippen LogP contribution in [0.1, 0.15) is 11.1 Å². The van der Waals surface area contributed by atoms with Crippen LogP contribution >= 0.6 is 39.7 Å². The smallest absolute Gasteiger partial charge is 0.161 e. The van der Waals surface area contributed by atoms with Crippen LogP contribution in [-0.2, 0) is 6.54 Å².